The highest BCUT2D eigenvalue weighted by Crippen LogP contribution is 2.31. The lowest BCUT2D eigenvalue weighted by atomic mass is 9.83. The lowest BCUT2D eigenvalue weighted by Gasteiger charge is -2.34. The number of rotatable bonds is 3. The van der Waals surface area contributed by atoms with Crippen molar-refractivity contribution in [3.8, 4) is 0 Å². The number of likely N-dealkylation sites (tertiary alicyclic amines) is 1. The molecule has 1 saturated carbocycles. The zero-order valence-electron chi connectivity index (χ0n) is 9.32. The summed E-state index contributed by atoms with van der Waals surface area (Å²) < 4.78 is 0. The monoisotopic (exact) mass is 211 g/mol. The summed E-state index contributed by atoms with van der Waals surface area (Å²) in [6.45, 7) is 2.48. The Hall–Kier alpha value is -0.570. The number of hydrogen-bond donors (Lipinski definition) is 1. The number of aliphatic carboxylic acids is 1. The fourth-order valence-electron chi connectivity index (χ4n) is 3.13. The van der Waals surface area contributed by atoms with Crippen molar-refractivity contribution in [2.75, 3.05) is 13.1 Å². The Morgan fingerprint density at radius 1 is 1.20 bits per heavy atom. The molecule has 1 N–H and O–H groups in total. The first-order chi connectivity index (χ1) is 7.25. The van der Waals surface area contributed by atoms with Gasteiger partial charge in [0.2, 0.25) is 0 Å². The van der Waals surface area contributed by atoms with Crippen LogP contribution in [0, 0.1) is 5.92 Å². The standard InChI is InChI=1S/C12H21NO2/c14-12(15)9-10-4-3-5-11(8-10)13-6-1-2-7-13/h10-11H,1-9H2,(H,14,15). The Balaban J connectivity index is 1.83. The van der Waals surface area contributed by atoms with Crippen molar-refractivity contribution in [2.24, 2.45) is 5.92 Å². The van der Waals surface area contributed by atoms with E-state index in [4.69, 9.17) is 5.11 Å². The van der Waals surface area contributed by atoms with Gasteiger partial charge in [0.1, 0.15) is 0 Å². The van der Waals surface area contributed by atoms with Crippen LogP contribution in [0.15, 0.2) is 0 Å². The fourth-order valence-corrected chi connectivity index (χ4v) is 3.13. The van der Waals surface area contributed by atoms with Gasteiger partial charge in [0, 0.05) is 12.5 Å². The third-order valence-corrected chi connectivity index (χ3v) is 3.88. The lowest BCUT2D eigenvalue weighted by molar-refractivity contribution is -0.138. The van der Waals surface area contributed by atoms with E-state index in [-0.39, 0.29) is 0 Å². The minimum atomic E-state index is -0.623. The Morgan fingerprint density at radius 2 is 1.93 bits per heavy atom. The van der Waals surface area contributed by atoms with Gasteiger partial charge in [-0.1, -0.05) is 6.42 Å². The normalized spacial score (nSPS) is 33.1. The molecule has 0 spiro atoms. The predicted octanol–water partition coefficient (Wildman–Crippen LogP) is 2.12. The highest BCUT2D eigenvalue weighted by Gasteiger charge is 2.28. The summed E-state index contributed by atoms with van der Waals surface area (Å²) >= 11 is 0. The van der Waals surface area contributed by atoms with Gasteiger partial charge in [-0.3, -0.25) is 4.79 Å². The molecule has 0 aromatic rings. The van der Waals surface area contributed by atoms with Gasteiger partial charge in [-0.2, -0.15) is 0 Å². The van der Waals surface area contributed by atoms with Crippen molar-refractivity contribution in [3.63, 3.8) is 0 Å². The van der Waals surface area contributed by atoms with Crippen LogP contribution in [0.1, 0.15) is 44.9 Å². The van der Waals surface area contributed by atoms with Crippen LogP contribution >= 0.6 is 0 Å². The van der Waals surface area contributed by atoms with Crippen molar-refractivity contribution in [1.29, 1.82) is 0 Å². The summed E-state index contributed by atoms with van der Waals surface area (Å²) in [5.74, 6) is -0.191. The molecule has 1 saturated heterocycles. The number of carbonyl (C=O) groups is 1. The number of nitrogens with zero attached hydrogens (tertiary/aromatic N) is 1. The molecule has 2 fully saturated rings. The van der Waals surface area contributed by atoms with Crippen molar-refractivity contribution in [1.82, 2.24) is 4.90 Å². The number of carboxylic acid groups (broad SMARTS) is 1. The van der Waals surface area contributed by atoms with Crippen LogP contribution in [-0.2, 0) is 4.79 Å². The second kappa shape index (κ2) is 4.97. The molecule has 0 aromatic carbocycles. The van der Waals surface area contributed by atoms with Crippen LogP contribution in [0.4, 0.5) is 0 Å². The SMILES string of the molecule is O=C(O)CC1CCCC(N2CCCC2)C1. The molecule has 3 nitrogen and oxygen atoms in total. The Kier molecular flexibility index (Phi) is 3.62. The van der Waals surface area contributed by atoms with Gasteiger partial charge >= 0.3 is 5.97 Å². The topological polar surface area (TPSA) is 40.5 Å². The molecule has 2 unspecified atom stereocenters. The molecule has 0 bridgehead atoms. The van der Waals surface area contributed by atoms with E-state index in [1.807, 2.05) is 0 Å². The van der Waals surface area contributed by atoms with E-state index in [2.05, 4.69) is 4.90 Å². The summed E-state index contributed by atoms with van der Waals surface area (Å²) in [5.41, 5.74) is 0. The largest absolute Gasteiger partial charge is 0.481 e. The fraction of sp³-hybridized carbons (Fsp3) is 0.917. The van der Waals surface area contributed by atoms with E-state index in [0.717, 1.165) is 12.8 Å². The molecule has 1 aliphatic carbocycles. The third-order valence-electron chi connectivity index (χ3n) is 3.88. The summed E-state index contributed by atoms with van der Waals surface area (Å²) in [6, 6.07) is 0.686. The third kappa shape index (κ3) is 2.94. The van der Waals surface area contributed by atoms with Crippen molar-refractivity contribution in [2.45, 2.75) is 51.0 Å². The summed E-state index contributed by atoms with van der Waals surface area (Å²) in [5, 5.41) is 8.80. The maximum absolute atomic E-state index is 10.7. The molecule has 1 aliphatic heterocycles. The molecular weight excluding hydrogens is 190 g/mol. The summed E-state index contributed by atoms with van der Waals surface area (Å²) in [6.07, 6.45) is 7.79. The predicted molar refractivity (Wildman–Crippen MR) is 58.8 cm³/mol. The molecule has 2 aliphatic rings. The maximum Gasteiger partial charge on any atom is 0.303 e. The van der Waals surface area contributed by atoms with Crippen LogP contribution in [0.25, 0.3) is 0 Å². The van der Waals surface area contributed by atoms with Gasteiger partial charge in [-0.15, -0.1) is 0 Å². The van der Waals surface area contributed by atoms with E-state index in [1.54, 1.807) is 0 Å². The number of hydrogen-bond acceptors (Lipinski definition) is 2. The average molecular weight is 211 g/mol. The van der Waals surface area contributed by atoms with Gasteiger partial charge in [0.05, 0.1) is 0 Å². The van der Waals surface area contributed by atoms with Crippen LogP contribution in [0.3, 0.4) is 0 Å². The van der Waals surface area contributed by atoms with Crippen LogP contribution in [-0.4, -0.2) is 35.1 Å². The Bertz CT molecular complexity index is 224. The van der Waals surface area contributed by atoms with Crippen LogP contribution in [0.2, 0.25) is 0 Å². The van der Waals surface area contributed by atoms with E-state index < -0.39 is 5.97 Å². The zero-order valence-corrected chi connectivity index (χ0v) is 9.32. The highest BCUT2D eigenvalue weighted by atomic mass is 16.4. The molecule has 86 valence electrons. The van der Waals surface area contributed by atoms with Gasteiger partial charge in [0.15, 0.2) is 0 Å². The maximum atomic E-state index is 10.7. The molecule has 0 aromatic heterocycles. The van der Waals surface area contributed by atoms with E-state index in [9.17, 15) is 4.79 Å². The lowest BCUT2D eigenvalue weighted by Crippen LogP contribution is -2.37. The quantitative estimate of drug-likeness (QED) is 0.777. The van der Waals surface area contributed by atoms with Crippen LogP contribution < -0.4 is 0 Å². The summed E-state index contributed by atoms with van der Waals surface area (Å²) in [7, 11) is 0. The molecule has 0 amide bonds. The molecule has 2 atom stereocenters. The second-order valence-electron chi connectivity index (χ2n) is 5.03. The molecule has 3 heteroatoms. The first-order valence-corrected chi connectivity index (χ1v) is 6.21. The Labute approximate surface area is 91.5 Å². The molecule has 2 rings (SSSR count). The van der Waals surface area contributed by atoms with E-state index in [1.165, 1.54) is 38.8 Å². The highest BCUT2D eigenvalue weighted by molar-refractivity contribution is 5.67. The van der Waals surface area contributed by atoms with Crippen LogP contribution in [0.5, 0.6) is 0 Å². The first-order valence-electron chi connectivity index (χ1n) is 6.21. The zero-order chi connectivity index (χ0) is 10.7. The van der Waals surface area contributed by atoms with Gasteiger partial charge < -0.3 is 10.0 Å². The average Bonchev–Trinajstić information content (AvgIpc) is 2.69. The molecule has 15 heavy (non-hydrogen) atoms. The van der Waals surface area contributed by atoms with Crippen molar-refractivity contribution in [3.05, 3.63) is 0 Å². The van der Waals surface area contributed by atoms with Gasteiger partial charge in [-0.05, 0) is 51.1 Å². The van der Waals surface area contributed by atoms with Crippen molar-refractivity contribution >= 4 is 5.97 Å². The molecular formula is C12H21NO2. The minimum Gasteiger partial charge on any atom is -0.481 e. The first kappa shape index (κ1) is 10.9. The van der Waals surface area contributed by atoms with Gasteiger partial charge in [0.25, 0.3) is 0 Å². The minimum absolute atomic E-state index is 0.379. The second-order valence-corrected chi connectivity index (χ2v) is 5.03. The smallest absolute Gasteiger partial charge is 0.303 e. The van der Waals surface area contributed by atoms with Gasteiger partial charge in [-0.25, -0.2) is 0 Å². The van der Waals surface area contributed by atoms with Crippen molar-refractivity contribution < 1.29 is 9.90 Å². The molecule has 0 radical (unpaired) electrons. The van der Waals surface area contributed by atoms with E-state index in [0.29, 0.717) is 18.4 Å². The molecule has 1 heterocycles. The summed E-state index contributed by atoms with van der Waals surface area (Å²) in [4.78, 5) is 13.3. The Morgan fingerprint density at radius 3 is 2.60 bits per heavy atom. The number of carboxylic acids is 1. The van der Waals surface area contributed by atoms with E-state index >= 15 is 0 Å².